The number of aryl methyl sites for hydroxylation is 1. The molecule has 49 heavy (non-hydrogen) atoms. The summed E-state index contributed by atoms with van der Waals surface area (Å²) in [5.74, 6) is 1.80. The smallest absolute Gasteiger partial charge is 0.305 e. The van der Waals surface area contributed by atoms with Crippen molar-refractivity contribution in [1.29, 1.82) is 0 Å². The number of rotatable bonds is 21. The molecule has 0 spiro atoms. The molecule has 0 unspecified atom stereocenters. The van der Waals surface area contributed by atoms with Crippen LogP contribution in [0.3, 0.4) is 0 Å². The molecule has 1 aromatic rings. The number of benzene rings is 1. The van der Waals surface area contributed by atoms with Crippen molar-refractivity contribution >= 4 is 34.4 Å². The molecule has 1 aromatic carbocycles. The SMILES string of the molecule is CCCC[C@@H](C)C[C@@H](/C=C/[C@@H]1C(SCCCCCC(=O)OC)=C(CCc2ccccc2)C[C@H]1O[Si](C)(C)C(C)(C)C)O[Si](C)(C)C(C)(C)C. The van der Waals surface area contributed by atoms with Crippen LogP contribution in [0.25, 0.3) is 0 Å². The summed E-state index contributed by atoms with van der Waals surface area (Å²) in [7, 11) is -2.52. The molecule has 0 radical (unpaired) electrons. The second kappa shape index (κ2) is 20.2. The van der Waals surface area contributed by atoms with E-state index in [0.29, 0.717) is 12.3 Å². The highest BCUT2D eigenvalue weighted by atomic mass is 32.2. The number of unbranched alkanes of at least 4 members (excludes halogenated alkanes) is 3. The molecule has 1 aliphatic rings. The van der Waals surface area contributed by atoms with Gasteiger partial charge in [-0.3, -0.25) is 4.79 Å². The minimum atomic E-state index is -2.02. The molecule has 7 heteroatoms. The number of carbonyl (C=O) groups excluding carboxylic acids is 1. The van der Waals surface area contributed by atoms with E-state index >= 15 is 0 Å². The van der Waals surface area contributed by atoms with Gasteiger partial charge in [-0.2, -0.15) is 0 Å². The predicted octanol–water partition coefficient (Wildman–Crippen LogP) is 12.9. The van der Waals surface area contributed by atoms with Crippen molar-refractivity contribution in [2.75, 3.05) is 12.9 Å². The largest absolute Gasteiger partial charge is 0.469 e. The van der Waals surface area contributed by atoms with Gasteiger partial charge in [0.05, 0.1) is 19.3 Å². The summed E-state index contributed by atoms with van der Waals surface area (Å²) in [6.45, 7) is 28.4. The van der Waals surface area contributed by atoms with Crippen LogP contribution in [-0.4, -0.2) is 47.7 Å². The van der Waals surface area contributed by atoms with Gasteiger partial charge in [0.25, 0.3) is 0 Å². The van der Waals surface area contributed by atoms with Crippen molar-refractivity contribution in [2.24, 2.45) is 11.8 Å². The van der Waals surface area contributed by atoms with E-state index in [1.165, 1.54) is 36.8 Å². The van der Waals surface area contributed by atoms with E-state index < -0.39 is 16.6 Å². The Morgan fingerprint density at radius 2 is 1.59 bits per heavy atom. The molecule has 0 aliphatic heterocycles. The third-order valence-corrected chi connectivity index (χ3v) is 21.7. The van der Waals surface area contributed by atoms with Crippen LogP contribution in [0.15, 0.2) is 53.0 Å². The summed E-state index contributed by atoms with van der Waals surface area (Å²) < 4.78 is 19.4. The van der Waals surface area contributed by atoms with Crippen LogP contribution in [0.2, 0.25) is 36.3 Å². The average molecular weight is 731 g/mol. The molecule has 0 N–H and O–H groups in total. The first kappa shape index (κ1) is 44.0. The van der Waals surface area contributed by atoms with Crippen LogP contribution in [0, 0.1) is 11.8 Å². The van der Waals surface area contributed by atoms with E-state index in [2.05, 4.69) is 124 Å². The Morgan fingerprint density at radius 1 is 0.939 bits per heavy atom. The van der Waals surface area contributed by atoms with Gasteiger partial charge in [-0.25, -0.2) is 0 Å². The Bertz CT molecular complexity index is 1180. The quantitative estimate of drug-likeness (QED) is 0.0545. The van der Waals surface area contributed by atoms with E-state index in [1.54, 1.807) is 5.57 Å². The molecule has 1 aliphatic carbocycles. The molecule has 2 rings (SSSR count). The van der Waals surface area contributed by atoms with Gasteiger partial charge < -0.3 is 13.6 Å². The summed E-state index contributed by atoms with van der Waals surface area (Å²) in [6.07, 6.45) is 16.7. The molecular formula is C42H74O4SSi2. The normalized spacial score (nSPS) is 19.1. The first-order valence-corrected chi connectivity index (χ1v) is 26.1. The van der Waals surface area contributed by atoms with Crippen LogP contribution in [0.5, 0.6) is 0 Å². The fourth-order valence-corrected chi connectivity index (χ4v) is 9.99. The van der Waals surface area contributed by atoms with Gasteiger partial charge in [0, 0.05) is 12.3 Å². The number of ether oxygens (including phenoxy) is 1. The van der Waals surface area contributed by atoms with Crippen molar-refractivity contribution in [2.45, 2.75) is 174 Å². The lowest BCUT2D eigenvalue weighted by molar-refractivity contribution is -0.140. The van der Waals surface area contributed by atoms with Gasteiger partial charge in [0.15, 0.2) is 16.6 Å². The van der Waals surface area contributed by atoms with E-state index in [4.69, 9.17) is 13.6 Å². The zero-order valence-electron chi connectivity index (χ0n) is 33.9. The van der Waals surface area contributed by atoms with Crippen LogP contribution in [0.1, 0.15) is 125 Å². The summed E-state index contributed by atoms with van der Waals surface area (Å²) >= 11 is 2.05. The van der Waals surface area contributed by atoms with Gasteiger partial charge in [-0.05, 0) is 96.9 Å². The van der Waals surface area contributed by atoms with Gasteiger partial charge in [0.1, 0.15) is 0 Å². The van der Waals surface area contributed by atoms with Crippen molar-refractivity contribution in [3.8, 4) is 0 Å². The van der Waals surface area contributed by atoms with Gasteiger partial charge in [-0.15, -0.1) is 11.8 Å². The monoisotopic (exact) mass is 730 g/mol. The number of carbonyl (C=O) groups is 1. The minimum absolute atomic E-state index is 0.108. The fraction of sp³-hybridized carbons (Fsp3) is 0.738. The van der Waals surface area contributed by atoms with Crippen LogP contribution >= 0.6 is 11.8 Å². The lowest BCUT2D eigenvalue weighted by Crippen LogP contribution is -2.45. The number of hydrogen-bond acceptors (Lipinski definition) is 5. The molecule has 280 valence electrons. The lowest BCUT2D eigenvalue weighted by Gasteiger charge is -2.40. The Morgan fingerprint density at radius 3 is 2.18 bits per heavy atom. The summed E-state index contributed by atoms with van der Waals surface area (Å²) in [5.41, 5.74) is 2.96. The highest BCUT2D eigenvalue weighted by Gasteiger charge is 2.44. The van der Waals surface area contributed by atoms with Gasteiger partial charge in [0.2, 0.25) is 0 Å². The van der Waals surface area contributed by atoms with E-state index in [1.807, 2.05) is 11.8 Å². The van der Waals surface area contributed by atoms with Crippen molar-refractivity contribution < 1.29 is 18.4 Å². The molecular weight excluding hydrogens is 657 g/mol. The summed E-state index contributed by atoms with van der Waals surface area (Å²) in [6, 6.07) is 10.9. The maximum absolute atomic E-state index is 11.7. The summed E-state index contributed by atoms with van der Waals surface area (Å²) in [5, 5.41) is 0.302. The first-order chi connectivity index (χ1) is 22.8. The summed E-state index contributed by atoms with van der Waals surface area (Å²) in [4.78, 5) is 13.2. The topological polar surface area (TPSA) is 44.8 Å². The van der Waals surface area contributed by atoms with Gasteiger partial charge in [-0.1, -0.05) is 129 Å². The molecule has 4 nitrogen and oxygen atoms in total. The zero-order valence-corrected chi connectivity index (χ0v) is 36.7. The molecule has 0 heterocycles. The van der Waals surface area contributed by atoms with E-state index in [0.717, 1.165) is 50.7 Å². The molecule has 0 saturated carbocycles. The molecule has 0 amide bonds. The third kappa shape index (κ3) is 14.8. The molecule has 0 fully saturated rings. The Balaban J connectivity index is 2.49. The lowest BCUT2D eigenvalue weighted by atomic mass is 9.96. The maximum atomic E-state index is 11.7. The zero-order chi connectivity index (χ0) is 36.9. The number of esters is 1. The number of methoxy groups -OCH3 is 1. The average Bonchev–Trinajstić information content (AvgIpc) is 3.33. The number of hydrogen-bond donors (Lipinski definition) is 0. The molecule has 0 aromatic heterocycles. The molecule has 0 saturated heterocycles. The Labute approximate surface area is 309 Å². The first-order valence-electron chi connectivity index (χ1n) is 19.3. The van der Waals surface area contributed by atoms with Gasteiger partial charge >= 0.3 is 5.97 Å². The van der Waals surface area contributed by atoms with Crippen molar-refractivity contribution in [1.82, 2.24) is 0 Å². The van der Waals surface area contributed by atoms with E-state index in [9.17, 15) is 4.79 Å². The Kier molecular flexibility index (Phi) is 18.2. The Hall–Kier alpha value is -1.13. The van der Waals surface area contributed by atoms with Crippen LogP contribution in [-0.2, 0) is 24.8 Å². The predicted molar refractivity (Wildman–Crippen MR) is 219 cm³/mol. The molecule has 0 bridgehead atoms. The fourth-order valence-electron chi connectivity index (χ4n) is 5.98. The standard InChI is InChI=1S/C42H74O4SSi2/c1-14-15-22-33(2)31-36(45-48(10,11)41(3,4)5)28-29-37-38(46-49(12,13)42(6,7)8)32-35(27-26-34-23-18-16-19-24-34)40(37)47-30-21-17-20-25-39(43)44-9/h16,18-19,23-24,28-29,33,36-38H,14-15,17,20-22,25-27,30-32H2,1-13H3/b29-28+/t33-,36-,37+,38-/m1/s1. The third-order valence-electron chi connectivity index (χ3n) is 11.3. The van der Waals surface area contributed by atoms with Crippen molar-refractivity contribution in [3.63, 3.8) is 0 Å². The van der Waals surface area contributed by atoms with Crippen LogP contribution < -0.4 is 0 Å². The number of thioether (sulfide) groups is 1. The highest BCUT2D eigenvalue weighted by molar-refractivity contribution is 8.03. The second-order valence-corrected chi connectivity index (χ2v) is 28.3. The van der Waals surface area contributed by atoms with Crippen molar-refractivity contribution in [3.05, 3.63) is 58.5 Å². The second-order valence-electron chi connectivity index (χ2n) is 17.6. The maximum Gasteiger partial charge on any atom is 0.305 e. The van der Waals surface area contributed by atoms with E-state index in [-0.39, 0.29) is 34.2 Å². The highest BCUT2D eigenvalue weighted by Crippen LogP contribution is 2.48. The molecule has 4 atom stereocenters. The minimum Gasteiger partial charge on any atom is -0.469 e. The van der Waals surface area contributed by atoms with Crippen LogP contribution in [0.4, 0.5) is 0 Å².